The van der Waals surface area contributed by atoms with Crippen molar-refractivity contribution in [2.75, 3.05) is 17.7 Å². The van der Waals surface area contributed by atoms with E-state index in [2.05, 4.69) is 41.3 Å². The molecule has 10 heteroatoms. The van der Waals surface area contributed by atoms with Crippen LogP contribution >= 0.6 is 34.4 Å². The second-order valence-corrected chi connectivity index (χ2v) is 10.1. The Morgan fingerprint density at radius 3 is 2.72 bits per heavy atom. The zero-order valence-electron chi connectivity index (χ0n) is 18.6. The summed E-state index contributed by atoms with van der Waals surface area (Å²) < 4.78 is 7.08. The van der Waals surface area contributed by atoms with E-state index in [9.17, 15) is 9.59 Å². The highest BCUT2D eigenvalue weighted by Crippen LogP contribution is 2.32. The molecule has 0 bridgehead atoms. The normalized spacial score (nSPS) is 10.9. The van der Waals surface area contributed by atoms with Gasteiger partial charge in [0.1, 0.15) is 5.00 Å². The number of aromatic nitrogens is 3. The number of esters is 1. The maximum absolute atomic E-state index is 12.7. The molecule has 3 rings (SSSR count). The van der Waals surface area contributed by atoms with Gasteiger partial charge in [-0.25, -0.2) is 4.79 Å². The molecule has 3 aromatic heterocycles. The lowest BCUT2D eigenvalue weighted by Crippen LogP contribution is -2.16. The number of nitrogens with one attached hydrogen (secondary N) is 1. The third-order valence-electron chi connectivity index (χ3n) is 4.77. The summed E-state index contributed by atoms with van der Waals surface area (Å²) in [6, 6.07) is 1.78. The summed E-state index contributed by atoms with van der Waals surface area (Å²) >= 11 is 4.37. The monoisotopic (exact) mass is 490 g/mol. The highest BCUT2D eigenvalue weighted by Gasteiger charge is 2.21. The standard InChI is InChI=1S/C22H26N4O3S3/c1-6-9-26-19(17-11-30-14(5)13(17)4)24-25-22(26)31-12-18(27)23-20-16(21(28)29-8-3)10-15(7-2)32-20/h6,10-11H,1,7-9,12H2,2-5H3,(H,23,27). The average molecular weight is 491 g/mol. The molecular formula is C22H26N4O3S3. The molecule has 0 fully saturated rings. The SMILES string of the molecule is C=CCn1c(SCC(=O)Nc2sc(CC)cc2C(=O)OCC)nnc1-c1csc(C)c1C. The third-order valence-corrected chi connectivity index (χ3v) is 7.94. The van der Waals surface area contributed by atoms with Gasteiger partial charge in [-0.05, 0) is 38.8 Å². The van der Waals surface area contributed by atoms with Crippen LogP contribution in [0.25, 0.3) is 11.4 Å². The van der Waals surface area contributed by atoms with E-state index in [0.29, 0.717) is 22.3 Å². The number of allylic oxidation sites excluding steroid dienone is 1. The van der Waals surface area contributed by atoms with Gasteiger partial charge < -0.3 is 10.1 Å². The van der Waals surface area contributed by atoms with Crippen LogP contribution in [0.2, 0.25) is 0 Å². The van der Waals surface area contributed by atoms with Crippen LogP contribution in [-0.4, -0.2) is 39.0 Å². The van der Waals surface area contributed by atoms with E-state index in [1.807, 2.05) is 11.5 Å². The first-order valence-electron chi connectivity index (χ1n) is 10.2. The number of rotatable bonds is 10. The van der Waals surface area contributed by atoms with Gasteiger partial charge in [-0.1, -0.05) is 24.8 Å². The van der Waals surface area contributed by atoms with Gasteiger partial charge >= 0.3 is 5.97 Å². The number of aryl methyl sites for hydroxylation is 2. The molecular weight excluding hydrogens is 464 g/mol. The Hall–Kier alpha value is -2.43. The van der Waals surface area contributed by atoms with Gasteiger partial charge in [-0.15, -0.1) is 39.4 Å². The predicted octanol–water partition coefficient (Wildman–Crippen LogP) is 5.34. The molecule has 3 heterocycles. The van der Waals surface area contributed by atoms with E-state index in [0.717, 1.165) is 22.7 Å². The second-order valence-electron chi connectivity index (χ2n) is 6.90. The van der Waals surface area contributed by atoms with E-state index in [1.54, 1.807) is 30.4 Å². The van der Waals surface area contributed by atoms with Gasteiger partial charge in [0, 0.05) is 27.2 Å². The van der Waals surface area contributed by atoms with E-state index >= 15 is 0 Å². The van der Waals surface area contributed by atoms with Crippen LogP contribution in [0.3, 0.4) is 0 Å². The fourth-order valence-corrected chi connectivity index (χ4v) is 5.60. The minimum atomic E-state index is -0.428. The highest BCUT2D eigenvalue weighted by molar-refractivity contribution is 7.99. The van der Waals surface area contributed by atoms with Crippen molar-refractivity contribution in [1.29, 1.82) is 0 Å². The zero-order chi connectivity index (χ0) is 23.3. The van der Waals surface area contributed by atoms with Crippen molar-refractivity contribution in [3.8, 4) is 11.4 Å². The molecule has 0 aromatic carbocycles. The molecule has 0 aliphatic heterocycles. The molecule has 0 aliphatic rings. The summed E-state index contributed by atoms with van der Waals surface area (Å²) in [5.41, 5.74) is 2.62. The summed E-state index contributed by atoms with van der Waals surface area (Å²) in [5.74, 6) is 0.258. The molecule has 7 nitrogen and oxygen atoms in total. The van der Waals surface area contributed by atoms with Crippen molar-refractivity contribution in [2.24, 2.45) is 0 Å². The van der Waals surface area contributed by atoms with Crippen LogP contribution in [0.5, 0.6) is 0 Å². The van der Waals surface area contributed by atoms with Gasteiger partial charge in [-0.3, -0.25) is 9.36 Å². The molecule has 0 saturated heterocycles. The van der Waals surface area contributed by atoms with Gasteiger partial charge in [0.05, 0.1) is 17.9 Å². The number of anilines is 1. The minimum absolute atomic E-state index is 0.137. The zero-order valence-corrected chi connectivity index (χ0v) is 21.0. The van der Waals surface area contributed by atoms with Crippen LogP contribution in [0, 0.1) is 13.8 Å². The fraction of sp³-hybridized carbons (Fsp3) is 0.364. The third kappa shape index (κ3) is 5.31. The topological polar surface area (TPSA) is 86.1 Å². The first kappa shape index (κ1) is 24.2. The maximum Gasteiger partial charge on any atom is 0.341 e. The summed E-state index contributed by atoms with van der Waals surface area (Å²) in [5, 5.41) is 14.8. The first-order valence-corrected chi connectivity index (χ1v) is 12.9. The Morgan fingerprint density at radius 1 is 1.31 bits per heavy atom. The van der Waals surface area contributed by atoms with Crippen LogP contribution in [-0.2, 0) is 22.5 Å². The Bertz CT molecular complexity index is 1130. The Kier molecular flexibility index (Phi) is 8.27. The van der Waals surface area contributed by atoms with Crippen LogP contribution in [0.1, 0.15) is 39.5 Å². The number of nitrogens with zero attached hydrogens (tertiary/aromatic N) is 3. The minimum Gasteiger partial charge on any atom is -0.462 e. The lowest BCUT2D eigenvalue weighted by atomic mass is 10.1. The lowest BCUT2D eigenvalue weighted by Gasteiger charge is -2.08. The van der Waals surface area contributed by atoms with Gasteiger partial charge in [-0.2, -0.15) is 0 Å². The largest absolute Gasteiger partial charge is 0.462 e. The van der Waals surface area contributed by atoms with Crippen LogP contribution in [0.15, 0.2) is 29.3 Å². The van der Waals surface area contributed by atoms with Crippen molar-refractivity contribution >= 4 is 51.3 Å². The average Bonchev–Trinajstić information content (AvgIpc) is 3.45. The molecule has 0 saturated carbocycles. The maximum atomic E-state index is 12.7. The van der Waals surface area contributed by atoms with E-state index in [4.69, 9.17) is 4.74 Å². The molecule has 3 aromatic rings. The van der Waals surface area contributed by atoms with E-state index < -0.39 is 5.97 Å². The first-order chi connectivity index (χ1) is 15.4. The van der Waals surface area contributed by atoms with Crippen LogP contribution in [0.4, 0.5) is 5.00 Å². The van der Waals surface area contributed by atoms with Crippen LogP contribution < -0.4 is 5.32 Å². The number of amides is 1. The van der Waals surface area contributed by atoms with Crippen molar-refractivity contribution in [2.45, 2.75) is 45.8 Å². The van der Waals surface area contributed by atoms with Crippen molar-refractivity contribution in [3.63, 3.8) is 0 Å². The smallest absolute Gasteiger partial charge is 0.341 e. The Balaban J connectivity index is 1.74. The molecule has 32 heavy (non-hydrogen) atoms. The molecule has 0 atom stereocenters. The molecule has 1 N–H and O–H groups in total. The van der Waals surface area contributed by atoms with Gasteiger partial charge in [0.2, 0.25) is 5.91 Å². The number of ether oxygens (including phenoxy) is 1. The van der Waals surface area contributed by atoms with Gasteiger partial charge in [0.15, 0.2) is 11.0 Å². The number of hydrogen-bond acceptors (Lipinski definition) is 8. The molecule has 0 spiro atoms. The lowest BCUT2D eigenvalue weighted by molar-refractivity contribution is -0.113. The summed E-state index contributed by atoms with van der Waals surface area (Å²) in [6.07, 6.45) is 2.56. The summed E-state index contributed by atoms with van der Waals surface area (Å²) in [6.45, 7) is 12.6. The number of carbonyl (C=O) groups excluding carboxylic acids is 2. The number of carbonyl (C=O) groups is 2. The Morgan fingerprint density at radius 2 is 2.09 bits per heavy atom. The second kappa shape index (κ2) is 10.9. The highest BCUT2D eigenvalue weighted by atomic mass is 32.2. The van der Waals surface area contributed by atoms with E-state index in [-0.39, 0.29) is 18.3 Å². The van der Waals surface area contributed by atoms with Crippen molar-refractivity contribution in [3.05, 3.63) is 45.0 Å². The van der Waals surface area contributed by atoms with E-state index in [1.165, 1.54) is 33.5 Å². The number of thiophene rings is 2. The van der Waals surface area contributed by atoms with Crippen molar-refractivity contribution < 1.29 is 14.3 Å². The molecule has 170 valence electrons. The number of hydrogen-bond donors (Lipinski definition) is 1. The predicted molar refractivity (Wildman–Crippen MR) is 132 cm³/mol. The Labute approximate surface area is 199 Å². The quantitative estimate of drug-likeness (QED) is 0.234. The molecule has 1 amide bonds. The van der Waals surface area contributed by atoms with Crippen molar-refractivity contribution in [1.82, 2.24) is 14.8 Å². The fourth-order valence-electron chi connectivity index (χ4n) is 2.98. The molecule has 0 unspecified atom stereocenters. The van der Waals surface area contributed by atoms with Gasteiger partial charge in [0.25, 0.3) is 0 Å². The summed E-state index contributed by atoms with van der Waals surface area (Å²) in [4.78, 5) is 27.1. The molecule has 0 radical (unpaired) electrons. The summed E-state index contributed by atoms with van der Waals surface area (Å²) in [7, 11) is 0. The molecule has 0 aliphatic carbocycles. The number of thioether (sulfide) groups is 1.